The Morgan fingerprint density at radius 1 is 0.552 bits per heavy atom. The van der Waals surface area contributed by atoms with E-state index in [-0.39, 0.29) is 26.1 Å². The summed E-state index contributed by atoms with van der Waals surface area (Å²) in [5.41, 5.74) is 0. The molecule has 9 nitrogen and oxygen atoms in total. The van der Waals surface area contributed by atoms with E-state index < -0.39 is 32.5 Å². The number of rotatable bonds is 39. The fourth-order valence-electron chi connectivity index (χ4n) is 5.42. The lowest BCUT2D eigenvalue weighted by Gasteiger charge is -2.28. The molecule has 58 heavy (non-hydrogen) atoms. The van der Waals surface area contributed by atoms with Gasteiger partial charge in [0, 0.05) is 12.8 Å². The Labute approximate surface area is 354 Å². The van der Waals surface area contributed by atoms with Gasteiger partial charge in [-0.1, -0.05) is 144 Å². The Morgan fingerprint density at radius 3 is 1.52 bits per heavy atom. The number of phosphoric acid groups is 1. The van der Waals surface area contributed by atoms with Crippen LogP contribution in [0, 0.1) is 0 Å². The van der Waals surface area contributed by atoms with E-state index in [1.54, 1.807) is 0 Å². The second-order valence-corrected chi connectivity index (χ2v) is 17.1. The number of phosphoric ester groups is 1. The molecule has 0 aromatic heterocycles. The van der Waals surface area contributed by atoms with Crippen molar-refractivity contribution in [3.8, 4) is 0 Å². The number of hydrogen-bond donors (Lipinski definition) is 0. The zero-order valence-electron chi connectivity index (χ0n) is 37.2. The van der Waals surface area contributed by atoms with Gasteiger partial charge >= 0.3 is 11.9 Å². The predicted octanol–water partition coefficient (Wildman–Crippen LogP) is 12.2. The first-order valence-corrected chi connectivity index (χ1v) is 23.8. The van der Waals surface area contributed by atoms with Crippen LogP contribution in [0.15, 0.2) is 85.1 Å². The van der Waals surface area contributed by atoms with E-state index in [4.69, 9.17) is 18.5 Å². The van der Waals surface area contributed by atoms with E-state index in [1.807, 2.05) is 21.1 Å². The van der Waals surface area contributed by atoms with E-state index in [2.05, 4.69) is 98.9 Å². The molecule has 0 aliphatic heterocycles. The summed E-state index contributed by atoms with van der Waals surface area (Å²) in [7, 11) is 1.11. The topological polar surface area (TPSA) is 111 Å². The van der Waals surface area contributed by atoms with E-state index in [0.29, 0.717) is 23.9 Å². The molecule has 0 saturated carbocycles. The maximum atomic E-state index is 12.7. The molecule has 0 amide bonds. The zero-order valence-corrected chi connectivity index (χ0v) is 38.1. The molecule has 0 fully saturated rings. The van der Waals surface area contributed by atoms with Gasteiger partial charge < -0.3 is 27.9 Å². The molecule has 0 N–H and O–H groups in total. The molecule has 0 rings (SSSR count). The highest BCUT2D eigenvalue weighted by Gasteiger charge is 2.21. The van der Waals surface area contributed by atoms with Gasteiger partial charge in [0.25, 0.3) is 7.82 Å². The van der Waals surface area contributed by atoms with Crippen LogP contribution in [-0.2, 0) is 32.7 Å². The third kappa shape index (κ3) is 42.8. The monoisotopic (exact) mass is 832 g/mol. The van der Waals surface area contributed by atoms with E-state index in [1.165, 1.54) is 38.5 Å². The molecule has 10 heteroatoms. The first-order chi connectivity index (χ1) is 28.0. The number of carbonyl (C=O) groups excluding carboxylic acids is 2. The Balaban J connectivity index is 4.50. The maximum Gasteiger partial charge on any atom is 0.306 e. The van der Waals surface area contributed by atoms with Crippen molar-refractivity contribution in [2.45, 2.75) is 161 Å². The van der Waals surface area contributed by atoms with Crippen LogP contribution in [-0.4, -0.2) is 70.0 Å². The van der Waals surface area contributed by atoms with Gasteiger partial charge in [0.1, 0.15) is 19.8 Å². The summed E-state index contributed by atoms with van der Waals surface area (Å²) >= 11 is 0. The average molecular weight is 832 g/mol. The number of carbonyl (C=O) groups is 2. The average Bonchev–Trinajstić information content (AvgIpc) is 3.17. The Kier molecular flexibility index (Phi) is 37.7. The van der Waals surface area contributed by atoms with Gasteiger partial charge in [-0.05, 0) is 83.5 Å². The Bertz CT molecular complexity index is 1260. The van der Waals surface area contributed by atoms with Crippen molar-refractivity contribution in [1.82, 2.24) is 0 Å². The second-order valence-electron chi connectivity index (χ2n) is 15.7. The minimum absolute atomic E-state index is 0.0482. The van der Waals surface area contributed by atoms with Crippen molar-refractivity contribution in [1.29, 1.82) is 0 Å². The molecule has 0 bridgehead atoms. The minimum Gasteiger partial charge on any atom is -0.756 e. The standard InChI is InChI=1S/C48H82NO8P/c1-6-8-10-12-14-16-18-20-22-24-26-28-30-32-34-36-38-40-47(50)54-44-46(45-56-58(52,53)55-43-42-49(3,4)5)57-48(51)41-39-37-35-33-31-29-27-25-23-21-19-17-15-13-11-9-7-2/h9,11,15,17,20-23,26-29,32,34,46H,6-8,10,12-14,16,18-19,24-25,30-31,33,35-45H2,1-5H3/b11-9-,17-15-,22-20-,23-21-,28-26-,29-27-,34-32-/t46-/m1/s1. The first-order valence-electron chi connectivity index (χ1n) is 22.3. The SMILES string of the molecule is CC/C=C\C/C=C\C/C=C\C/C=C\CCCCCCC(=O)O[C@H](COC(=O)CCC/C=C\C/C=C\C/C=C\CCCCCCCC)COP(=O)([O-])OCC[N+](C)(C)C. The van der Waals surface area contributed by atoms with Crippen molar-refractivity contribution in [2.75, 3.05) is 47.5 Å². The highest BCUT2D eigenvalue weighted by atomic mass is 31.2. The molecule has 0 aromatic carbocycles. The molecule has 0 spiro atoms. The van der Waals surface area contributed by atoms with Crippen LogP contribution in [0.2, 0.25) is 0 Å². The lowest BCUT2D eigenvalue weighted by atomic mass is 10.1. The fourth-order valence-corrected chi connectivity index (χ4v) is 6.15. The summed E-state index contributed by atoms with van der Waals surface area (Å²) in [4.78, 5) is 37.5. The third-order valence-corrected chi connectivity index (χ3v) is 9.86. The summed E-state index contributed by atoms with van der Waals surface area (Å²) in [5.74, 6) is -0.932. The molecule has 1 unspecified atom stereocenters. The normalized spacial score (nSPS) is 14.4. The summed E-state index contributed by atoms with van der Waals surface area (Å²) in [6.45, 7) is 4.00. The van der Waals surface area contributed by atoms with Crippen LogP contribution in [0.5, 0.6) is 0 Å². The summed E-state index contributed by atoms with van der Waals surface area (Å²) in [6.07, 6.45) is 50.5. The number of esters is 2. The number of hydrogen-bond acceptors (Lipinski definition) is 8. The smallest absolute Gasteiger partial charge is 0.306 e. The van der Waals surface area contributed by atoms with Crippen LogP contribution in [0.1, 0.15) is 155 Å². The quantitative estimate of drug-likeness (QED) is 0.0198. The van der Waals surface area contributed by atoms with E-state index in [0.717, 1.165) is 77.0 Å². The summed E-state index contributed by atoms with van der Waals surface area (Å²) < 4.78 is 33.8. The lowest BCUT2D eigenvalue weighted by molar-refractivity contribution is -0.870. The largest absolute Gasteiger partial charge is 0.756 e. The zero-order chi connectivity index (χ0) is 42.8. The van der Waals surface area contributed by atoms with Crippen LogP contribution in [0.3, 0.4) is 0 Å². The maximum absolute atomic E-state index is 12.7. The number of nitrogens with zero attached hydrogens (tertiary/aromatic N) is 1. The highest BCUT2D eigenvalue weighted by molar-refractivity contribution is 7.45. The van der Waals surface area contributed by atoms with Gasteiger partial charge in [0.05, 0.1) is 27.7 Å². The van der Waals surface area contributed by atoms with Crippen LogP contribution in [0.25, 0.3) is 0 Å². The van der Waals surface area contributed by atoms with Crippen molar-refractivity contribution in [2.24, 2.45) is 0 Å². The number of likely N-dealkylation sites (N-methyl/N-ethyl adjacent to an activating group) is 1. The van der Waals surface area contributed by atoms with Crippen LogP contribution < -0.4 is 4.89 Å². The van der Waals surface area contributed by atoms with Crippen molar-refractivity contribution in [3.63, 3.8) is 0 Å². The van der Waals surface area contributed by atoms with Gasteiger partial charge in [-0.15, -0.1) is 0 Å². The van der Waals surface area contributed by atoms with Gasteiger partial charge in [-0.3, -0.25) is 14.2 Å². The molecular formula is C48H82NO8P. The molecule has 0 heterocycles. The Hall–Kier alpha value is -2.81. The van der Waals surface area contributed by atoms with Crippen LogP contribution in [0.4, 0.5) is 0 Å². The molecule has 0 aromatic rings. The third-order valence-electron chi connectivity index (χ3n) is 8.90. The van der Waals surface area contributed by atoms with Gasteiger partial charge in [-0.25, -0.2) is 0 Å². The number of ether oxygens (including phenoxy) is 2. The van der Waals surface area contributed by atoms with Gasteiger partial charge in [-0.2, -0.15) is 0 Å². The van der Waals surface area contributed by atoms with Crippen molar-refractivity contribution >= 4 is 19.8 Å². The minimum atomic E-state index is -4.65. The first kappa shape index (κ1) is 55.2. The van der Waals surface area contributed by atoms with E-state index >= 15 is 0 Å². The predicted molar refractivity (Wildman–Crippen MR) is 240 cm³/mol. The molecule has 0 aliphatic rings. The van der Waals surface area contributed by atoms with Crippen molar-refractivity contribution in [3.05, 3.63) is 85.1 Å². The van der Waals surface area contributed by atoms with Crippen molar-refractivity contribution < 1.29 is 42.1 Å². The van der Waals surface area contributed by atoms with Gasteiger partial charge in [0.2, 0.25) is 0 Å². The Morgan fingerprint density at radius 2 is 1.00 bits per heavy atom. The number of unbranched alkanes of at least 4 members (excludes halogenated alkanes) is 11. The summed E-state index contributed by atoms with van der Waals surface area (Å²) in [6, 6.07) is 0. The van der Waals surface area contributed by atoms with Gasteiger partial charge in [0.15, 0.2) is 6.10 Å². The fraction of sp³-hybridized carbons (Fsp3) is 0.667. The second kappa shape index (κ2) is 39.6. The molecule has 0 aliphatic carbocycles. The molecule has 0 saturated heterocycles. The summed E-state index contributed by atoms with van der Waals surface area (Å²) in [5, 5.41) is 0. The lowest BCUT2D eigenvalue weighted by Crippen LogP contribution is -2.37. The van der Waals surface area contributed by atoms with Crippen LogP contribution >= 0.6 is 7.82 Å². The molecular weight excluding hydrogens is 750 g/mol. The molecule has 332 valence electrons. The highest BCUT2D eigenvalue weighted by Crippen LogP contribution is 2.38. The number of quaternary nitrogens is 1. The number of allylic oxidation sites excluding steroid dienone is 14. The van der Waals surface area contributed by atoms with E-state index in [9.17, 15) is 19.0 Å². The molecule has 0 radical (unpaired) electrons. The molecule has 2 atom stereocenters.